The zero-order valence-electron chi connectivity index (χ0n) is 14.9. The lowest BCUT2D eigenvalue weighted by Gasteiger charge is -2.22. The summed E-state index contributed by atoms with van der Waals surface area (Å²) in [6, 6.07) is 8.43. The van der Waals surface area contributed by atoms with Crippen molar-refractivity contribution in [3.63, 3.8) is 0 Å². The second kappa shape index (κ2) is 7.14. The van der Waals surface area contributed by atoms with Crippen LogP contribution in [0.4, 0.5) is 16.3 Å². The van der Waals surface area contributed by atoms with Gasteiger partial charge < -0.3 is 19.7 Å². The van der Waals surface area contributed by atoms with E-state index in [0.29, 0.717) is 37.1 Å². The highest BCUT2D eigenvalue weighted by molar-refractivity contribution is 5.98. The van der Waals surface area contributed by atoms with Crippen molar-refractivity contribution in [2.24, 2.45) is 0 Å². The van der Waals surface area contributed by atoms with Gasteiger partial charge >= 0.3 is 6.03 Å². The first-order valence-corrected chi connectivity index (χ1v) is 8.79. The molecule has 2 aliphatic heterocycles. The van der Waals surface area contributed by atoms with Gasteiger partial charge in [0, 0.05) is 30.9 Å². The molecule has 0 saturated carbocycles. The molecule has 1 fully saturated rings. The first-order chi connectivity index (χ1) is 13.1. The fraction of sp³-hybridized carbons (Fsp3) is 0.316. The van der Waals surface area contributed by atoms with E-state index in [2.05, 4.69) is 15.6 Å². The van der Waals surface area contributed by atoms with Gasteiger partial charge in [-0.15, -0.1) is 0 Å². The number of aromatic nitrogens is 1. The van der Waals surface area contributed by atoms with Gasteiger partial charge in [0.1, 0.15) is 19.0 Å². The van der Waals surface area contributed by atoms with E-state index >= 15 is 0 Å². The topological polar surface area (TPSA) is 92.8 Å². The average molecular weight is 368 g/mol. The average Bonchev–Trinajstić information content (AvgIpc) is 3.03. The Morgan fingerprint density at radius 2 is 2.04 bits per heavy atom. The molecule has 0 spiro atoms. The highest BCUT2D eigenvalue weighted by atomic mass is 16.6. The number of pyridine rings is 1. The van der Waals surface area contributed by atoms with Crippen molar-refractivity contribution in [1.29, 1.82) is 0 Å². The summed E-state index contributed by atoms with van der Waals surface area (Å²) in [5.41, 5.74) is 1.60. The van der Waals surface area contributed by atoms with Gasteiger partial charge in [0.05, 0.1) is 6.04 Å². The smallest absolute Gasteiger partial charge is 0.320 e. The standard InChI is InChI=1S/C19H20N4O4/c1-12-3-2-6-20-18(12)22-19(25)21-13-9-17(24)23(11-13)14-4-5-15-16(10-14)27-8-7-26-15/h2-6,10,13H,7-9,11H2,1H3,(H2,20,21,22,25). The molecule has 1 saturated heterocycles. The summed E-state index contributed by atoms with van der Waals surface area (Å²) >= 11 is 0. The van der Waals surface area contributed by atoms with E-state index in [1.807, 2.05) is 19.1 Å². The van der Waals surface area contributed by atoms with E-state index in [1.165, 1.54) is 0 Å². The van der Waals surface area contributed by atoms with Gasteiger partial charge in [0.25, 0.3) is 0 Å². The number of urea groups is 1. The maximum absolute atomic E-state index is 12.4. The van der Waals surface area contributed by atoms with Crippen LogP contribution in [0.5, 0.6) is 11.5 Å². The predicted molar refractivity (Wildman–Crippen MR) is 99.3 cm³/mol. The van der Waals surface area contributed by atoms with Crippen LogP contribution in [0.1, 0.15) is 12.0 Å². The number of nitrogens with one attached hydrogen (secondary N) is 2. The van der Waals surface area contributed by atoms with E-state index < -0.39 is 0 Å². The van der Waals surface area contributed by atoms with Crippen LogP contribution < -0.4 is 25.0 Å². The third kappa shape index (κ3) is 3.64. The number of hydrogen-bond acceptors (Lipinski definition) is 5. The fourth-order valence-electron chi connectivity index (χ4n) is 3.20. The van der Waals surface area contributed by atoms with Gasteiger partial charge in [-0.1, -0.05) is 6.07 Å². The van der Waals surface area contributed by atoms with Crippen LogP contribution in [-0.2, 0) is 4.79 Å². The maximum Gasteiger partial charge on any atom is 0.320 e. The quantitative estimate of drug-likeness (QED) is 0.865. The molecular formula is C19H20N4O4. The zero-order chi connectivity index (χ0) is 18.8. The van der Waals surface area contributed by atoms with Gasteiger partial charge in [0.15, 0.2) is 11.5 Å². The molecule has 1 aromatic heterocycles. The summed E-state index contributed by atoms with van der Waals surface area (Å²) in [7, 11) is 0. The van der Waals surface area contributed by atoms with Crippen LogP contribution in [0.2, 0.25) is 0 Å². The second-order valence-corrected chi connectivity index (χ2v) is 6.50. The number of ether oxygens (including phenoxy) is 2. The molecular weight excluding hydrogens is 348 g/mol. The Kier molecular flexibility index (Phi) is 4.53. The van der Waals surface area contributed by atoms with Gasteiger partial charge in [0.2, 0.25) is 5.91 Å². The molecule has 1 atom stereocenters. The first kappa shape index (κ1) is 17.1. The van der Waals surface area contributed by atoms with Crippen LogP contribution in [0.25, 0.3) is 0 Å². The molecule has 0 aliphatic carbocycles. The van der Waals surface area contributed by atoms with Crippen molar-refractivity contribution in [3.05, 3.63) is 42.1 Å². The molecule has 2 aliphatic rings. The Balaban J connectivity index is 1.40. The van der Waals surface area contributed by atoms with Crippen LogP contribution in [0.15, 0.2) is 36.5 Å². The summed E-state index contributed by atoms with van der Waals surface area (Å²) in [4.78, 5) is 30.4. The first-order valence-electron chi connectivity index (χ1n) is 8.79. The van der Waals surface area contributed by atoms with Crippen LogP contribution in [0, 0.1) is 6.92 Å². The van der Waals surface area contributed by atoms with E-state index in [0.717, 1.165) is 11.3 Å². The summed E-state index contributed by atoms with van der Waals surface area (Å²) in [5.74, 6) is 1.76. The maximum atomic E-state index is 12.4. The molecule has 8 nitrogen and oxygen atoms in total. The van der Waals surface area contributed by atoms with Crippen LogP contribution in [-0.4, -0.2) is 42.7 Å². The Morgan fingerprint density at radius 1 is 1.22 bits per heavy atom. The molecule has 3 amide bonds. The third-order valence-electron chi connectivity index (χ3n) is 4.54. The molecule has 8 heteroatoms. The number of amides is 3. The lowest BCUT2D eigenvalue weighted by Crippen LogP contribution is -2.40. The van der Waals surface area contributed by atoms with E-state index in [-0.39, 0.29) is 24.4 Å². The molecule has 1 aromatic carbocycles. The summed E-state index contributed by atoms with van der Waals surface area (Å²) in [6.45, 7) is 3.27. The van der Waals surface area contributed by atoms with Crippen LogP contribution in [0.3, 0.4) is 0 Å². The number of anilines is 2. The Hall–Kier alpha value is -3.29. The van der Waals surface area contributed by atoms with E-state index in [9.17, 15) is 9.59 Å². The molecule has 140 valence electrons. The fourth-order valence-corrected chi connectivity index (χ4v) is 3.20. The molecule has 0 radical (unpaired) electrons. The Bertz CT molecular complexity index is 886. The third-order valence-corrected chi connectivity index (χ3v) is 4.54. The van der Waals surface area contributed by atoms with Crippen molar-refractivity contribution in [1.82, 2.24) is 10.3 Å². The van der Waals surface area contributed by atoms with Gasteiger partial charge in [-0.25, -0.2) is 9.78 Å². The van der Waals surface area contributed by atoms with Crippen molar-refractivity contribution in [3.8, 4) is 11.5 Å². The second-order valence-electron chi connectivity index (χ2n) is 6.50. The number of rotatable bonds is 3. The van der Waals surface area contributed by atoms with Crippen molar-refractivity contribution >= 4 is 23.4 Å². The van der Waals surface area contributed by atoms with Crippen molar-refractivity contribution in [2.75, 3.05) is 30.0 Å². The lowest BCUT2D eigenvalue weighted by atomic mass is 10.2. The molecule has 27 heavy (non-hydrogen) atoms. The normalized spacial score (nSPS) is 18.3. The lowest BCUT2D eigenvalue weighted by molar-refractivity contribution is -0.117. The van der Waals surface area contributed by atoms with Gasteiger partial charge in [-0.3, -0.25) is 10.1 Å². The minimum Gasteiger partial charge on any atom is -0.486 e. The number of hydrogen-bond donors (Lipinski definition) is 2. The molecule has 1 unspecified atom stereocenters. The van der Waals surface area contributed by atoms with Crippen molar-refractivity contribution in [2.45, 2.75) is 19.4 Å². The number of benzene rings is 1. The monoisotopic (exact) mass is 368 g/mol. The zero-order valence-corrected chi connectivity index (χ0v) is 14.9. The Morgan fingerprint density at radius 3 is 2.85 bits per heavy atom. The Labute approximate surface area is 156 Å². The van der Waals surface area contributed by atoms with Crippen molar-refractivity contribution < 1.29 is 19.1 Å². The molecule has 2 aromatic rings. The number of carbonyl (C=O) groups excluding carboxylic acids is 2. The summed E-state index contributed by atoms with van der Waals surface area (Å²) < 4.78 is 11.1. The minimum atomic E-state index is -0.376. The van der Waals surface area contributed by atoms with E-state index in [4.69, 9.17) is 9.47 Å². The van der Waals surface area contributed by atoms with E-state index in [1.54, 1.807) is 29.3 Å². The minimum absolute atomic E-state index is 0.0500. The highest BCUT2D eigenvalue weighted by Gasteiger charge is 2.32. The molecule has 3 heterocycles. The van der Waals surface area contributed by atoms with Gasteiger partial charge in [-0.05, 0) is 30.7 Å². The van der Waals surface area contributed by atoms with Crippen LogP contribution >= 0.6 is 0 Å². The highest BCUT2D eigenvalue weighted by Crippen LogP contribution is 2.35. The van der Waals surface area contributed by atoms with Gasteiger partial charge in [-0.2, -0.15) is 0 Å². The summed E-state index contributed by atoms with van der Waals surface area (Å²) in [6.07, 6.45) is 1.86. The molecule has 2 N–H and O–H groups in total. The largest absolute Gasteiger partial charge is 0.486 e. The number of fused-ring (bicyclic) bond motifs is 1. The molecule has 0 bridgehead atoms. The number of carbonyl (C=O) groups is 2. The number of aryl methyl sites for hydroxylation is 1. The molecule has 4 rings (SSSR count). The summed E-state index contributed by atoms with van der Waals surface area (Å²) in [5, 5.41) is 5.56. The predicted octanol–water partition coefficient (Wildman–Crippen LogP) is 2.09. The number of nitrogens with zero attached hydrogens (tertiary/aromatic N) is 2. The SMILES string of the molecule is Cc1cccnc1NC(=O)NC1CC(=O)N(c2ccc3c(c2)OCCO3)C1.